The third-order valence-electron chi connectivity index (χ3n) is 3.51. The van der Waals surface area contributed by atoms with E-state index in [-0.39, 0.29) is 0 Å². The van der Waals surface area contributed by atoms with Gasteiger partial charge in [-0.25, -0.2) is 0 Å². The topological polar surface area (TPSA) is 32.3 Å². The van der Waals surface area contributed by atoms with E-state index in [0.717, 1.165) is 12.5 Å². The molecule has 15 heavy (non-hydrogen) atoms. The molecule has 0 aromatic carbocycles. The highest BCUT2D eigenvalue weighted by Crippen LogP contribution is 2.23. The van der Waals surface area contributed by atoms with Gasteiger partial charge in [0.1, 0.15) is 0 Å². The van der Waals surface area contributed by atoms with Crippen LogP contribution in [0.25, 0.3) is 0 Å². The summed E-state index contributed by atoms with van der Waals surface area (Å²) in [5, 5.41) is 12.9. The van der Waals surface area contributed by atoms with Gasteiger partial charge in [0.2, 0.25) is 0 Å². The molecule has 1 rings (SSSR count). The van der Waals surface area contributed by atoms with Crippen LogP contribution in [0, 0.1) is 11.8 Å². The van der Waals surface area contributed by atoms with Crippen molar-refractivity contribution in [2.45, 2.75) is 58.4 Å². The van der Waals surface area contributed by atoms with Crippen LogP contribution in [0.5, 0.6) is 0 Å². The Balaban J connectivity index is 2.12. The largest absolute Gasteiger partial charge is 0.396 e. The van der Waals surface area contributed by atoms with Crippen molar-refractivity contribution in [3.8, 4) is 0 Å². The first-order chi connectivity index (χ1) is 7.24. The third kappa shape index (κ3) is 4.98. The van der Waals surface area contributed by atoms with Crippen LogP contribution in [-0.2, 0) is 0 Å². The van der Waals surface area contributed by atoms with E-state index in [4.69, 9.17) is 0 Å². The molecule has 1 aliphatic rings. The number of rotatable bonds is 6. The fourth-order valence-corrected chi connectivity index (χ4v) is 2.49. The molecule has 2 nitrogen and oxygen atoms in total. The van der Waals surface area contributed by atoms with Crippen molar-refractivity contribution >= 4 is 0 Å². The Kier molecular flexibility index (Phi) is 6.26. The van der Waals surface area contributed by atoms with Gasteiger partial charge in [-0.3, -0.25) is 0 Å². The summed E-state index contributed by atoms with van der Waals surface area (Å²) in [4.78, 5) is 0. The second-order valence-corrected chi connectivity index (χ2v) is 5.32. The van der Waals surface area contributed by atoms with Crippen LogP contribution in [-0.4, -0.2) is 24.3 Å². The van der Waals surface area contributed by atoms with E-state index >= 15 is 0 Å². The van der Waals surface area contributed by atoms with Crippen molar-refractivity contribution in [3.05, 3.63) is 0 Å². The molecule has 0 radical (unpaired) electrons. The molecule has 2 heteroatoms. The molecule has 0 aromatic rings. The van der Waals surface area contributed by atoms with Gasteiger partial charge >= 0.3 is 0 Å². The summed E-state index contributed by atoms with van der Waals surface area (Å²) in [6.07, 6.45) is 7.68. The molecular formula is C13H27NO. The first-order valence-electron chi connectivity index (χ1n) is 6.58. The van der Waals surface area contributed by atoms with Gasteiger partial charge in [0.25, 0.3) is 0 Å². The van der Waals surface area contributed by atoms with E-state index in [1.165, 1.54) is 38.5 Å². The zero-order valence-corrected chi connectivity index (χ0v) is 10.3. The maximum atomic E-state index is 9.27. The fraction of sp³-hybridized carbons (Fsp3) is 1.00. The molecule has 1 aliphatic carbocycles. The Labute approximate surface area is 94.5 Å². The standard InChI is InChI=1S/C13H27NO/c1-11(2)6-5-9-14-13-8-4-3-7-12(13)10-15/h11-15H,3-10H2,1-2H3. The average Bonchev–Trinajstić information content (AvgIpc) is 2.24. The van der Waals surface area contributed by atoms with E-state index in [0.29, 0.717) is 18.6 Å². The molecule has 0 amide bonds. The molecule has 2 atom stereocenters. The summed E-state index contributed by atoms with van der Waals surface area (Å²) in [5.74, 6) is 1.32. The Morgan fingerprint density at radius 3 is 2.67 bits per heavy atom. The van der Waals surface area contributed by atoms with Gasteiger partial charge < -0.3 is 10.4 Å². The number of aliphatic hydroxyl groups excluding tert-OH is 1. The van der Waals surface area contributed by atoms with Gasteiger partial charge in [0.15, 0.2) is 0 Å². The highest BCUT2D eigenvalue weighted by molar-refractivity contribution is 4.80. The predicted octanol–water partition coefficient (Wildman–Crippen LogP) is 2.56. The zero-order chi connectivity index (χ0) is 11.1. The van der Waals surface area contributed by atoms with E-state index in [9.17, 15) is 5.11 Å². The highest BCUT2D eigenvalue weighted by atomic mass is 16.3. The molecule has 1 fully saturated rings. The molecule has 2 unspecified atom stereocenters. The van der Waals surface area contributed by atoms with E-state index in [1.54, 1.807) is 0 Å². The van der Waals surface area contributed by atoms with Crippen molar-refractivity contribution in [1.82, 2.24) is 5.32 Å². The van der Waals surface area contributed by atoms with Gasteiger partial charge in [0, 0.05) is 12.6 Å². The number of nitrogens with one attached hydrogen (secondary N) is 1. The van der Waals surface area contributed by atoms with Gasteiger partial charge in [-0.05, 0) is 44.1 Å². The third-order valence-corrected chi connectivity index (χ3v) is 3.51. The van der Waals surface area contributed by atoms with Crippen LogP contribution >= 0.6 is 0 Å². The summed E-state index contributed by atoms with van der Waals surface area (Å²) in [6.45, 7) is 6.04. The lowest BCUT2D eigenvalue weighted by molar-refractivity contribution is 0.153. The summed E-state index contributed by atoms with van der Waals surface area (Å²) in [7, 11) is 0. The minimum absolute atomic E-state index is 0.363. The van der Waals surface area contributed by atoms with Crippen molar-refractivity contribution in [2.75, 3.05) is 13.2 Å². The summed E-state index contributed by atoms with van der Waals surface area (Å²) in [6, 6.07) is 0.580. The van der Waals surface area contributed by atoms with Crippen LogP contribution < -0.4 is 5.32 Å². The lowest BCUT2D eigenvalue weighted by Crippen LogP contribution is -2.40. The smallest absolute Gasteiger partial charge is 0.0474 e. The van der Waals surface area contributed by atoms with Crippen molar-refractivity contribution < 1.29 is 5.11 Å². The molecular weight excluding hydrogens is 186 g/mol. The van der Waals surface area contributed by atoms with Crippen LogP contribution in [0.2, 0.25) is 0 Å². The summed E-state index contributed by atoms with van der Waals surface area (Å²) < 4.78 is 0. The van der Waals surface area contributed by atoms with Gasteiger partial charge in [-0.1, -0.05) is 26.7 Å². The lowest BCUT2D eigenvalue weighted by Gasteiger charge is -2.31. The van der Waals surface area contributed by atoms with E-state index in [1.807, 2.05) is 0 Å². The average molecular weight is 213 g/mol. The first kappa shape index (κ1) is 13.0. The SMILES string of the molecule is CC(C)CCCNC1CCCCC1CO. The van der Waals surface area contributed by atoms with Crippen LogP contribution in [0.1, 0.15) is 52.4 Å². The normalized spacial score (nSPS) is 27.2. The molecule has 90 valence electrons. The molecule has 0 spiro atoms. The predicted molar refractivity (Wildman–Crippen MR) is 64.9 cm³/mol. The zero-order valence-electron chi connectivity index (χ0n) is 10.3. The Morgan fingerprint density at radius 2 is 2.00 bits per heavy atom. The Bertz CT molecular complexity index is 159. The molecule has 0 aromatic heterocycles. The van der Waals surface area contributed by atoms with E-state index < -0.39 is 0 Å². The summed E-state index contributed by atoms with van der Waals surface area (Å²) in [5.41, 5.74) is 0. The lowest BCUT2D eigenvalue weighted by atomic mass is 9.85. The first-order valence-corrected chi connectivity index (χ1v) is 6.58. The fourth-order valence-electron chi connectivity index (χ4n) is 2.49. The van der Waals surface area contributed by atoms with Gasteiger partial charge in [-0.2, -0.15) is 0 Å². The highest BCUT2D eigenvalue weighted by Gasteiger charge is 2.23. The minimum atomic E-state index is 0.363. The van der Waals surface area contributed by atoms with Crippen LogP contribution in [0.15, 0.2) is 0 Å². The number of aliphatic hydroxyl groups is 1. The molecule has 2 N–H and O–H groups in total. The quantitative estimate of drug-likeness (QED) is 0.665. The van der Waals surface area contributed by atoms with Gasteiger partial charge in [-0.15, -0.1) is 0 Å². The maximum Gasteiger partial charge on any atom is 0.0474 e. The van der Waals surface area contributed by atoms with Crippen molar-refractivity contribution in [2.24, 2.45) is 11.8 Å². The van der Waals surface area contributed by atoms with Crippen LogP contribution in [0.4, 0.5) is 0 Å². The molecule has 0 aliphatic heterocycles. The Morgan fingerprint density at radius 1 is 1.27 bits per heavy atom. The summed E-state index contributed by atoms with van der Waals surface area (Å²) >= 11 is 0. The van der Waals surface area contributed by atoms with Gasteiger partial charge in [0.05, 0.1) is 0 Å². The Hall–Kier alpha value is -0.0800. The molecule has 0 heterocycles. The monoisotopic (exact) mass is 213 g/mol. The van der Waals surface area contributed by atoms with Crippen molar-refractivity contribution in [3.63, 3.8) is 0 Å². The van der Waals surface area contributed by atoms with E-state index in [2.05, 4.69) is 19.2 Å². The second-order valence-electron chi connectivity index (χ2n) is 5.32. The number of hydrogen-bond acceptors (Lipinski definition) is 2. The minimum Gasteiger partial charge on any atom is -0.396 e. The second kappa shape index (κ2) is 7.24. The van der Waals surface area contributed by atoms with Crippen molar-refractivity contribution in [1.29, 1.82) is 0 Å². The van der Waals surface area contributed by atoms with Crippen LogP contribution in [0.3, 0.4) is 0 Å². The molecule has 1 saturated carbocycles. The maximum absolute atomic E-state index is 9.27. The molecule has 0 saturated heterocycles. The molecule has 0 bridgehead atoms. The number of hydrogen-bond donors (Lipinski definition) is 2.